The SMILES string of the molecule is CC(C)(C)C(=O)NCC1CCCN(C(=O)c2ccc(CNC(N)=O)cc2)C1. The van der Waals surface area contributed by atoms with E-state index in [2.05, 4.69) is 10.6 Å². The number of hydrogen-bond acceptors (Lipinski definition) is 3. The van der Waals surface area contributed by atoms with E-state index < -0.39 is 11.4 Å². The third-order valence-corrected chi connectivity index (χ3v) is 4.71. The van der Waals surface area contributed by atoms with Crippen LogP contribution in [0.1, 0.15) is 49.5 Å². The van der Waals surface area contributed by atoms with E-state index in [1.165, 1.54) is 0 Å². The lowest BCUT2D eigenvalue weighted by Crippen LogP contribution is -2.45. The van der Waals surface area contributed by atoms with Crippen molar-refractivity contribution in [1.82, 2.24) is 15.5 Å². The molecule has 1 aliphatic heterocycles. The first kappa shape index (κ1) is 20.7. The monoisotopic (exact) mass is 374 g/mol. The Kier molecular flexibility index (Phi) is 6.82. The molecule has 2 rings (SSSR count). The quantitative estimate of drug-likeness (QED) is 0.733. The van der Waals surface area contributed by atoms with Crippen molar-refractivity contribution < 1.29 is 14.4 Å². The summed E-state index contributed by atoms with van der Waals surface area (Å²) in [6, 6.07) is 6.59. The lowest BCUT2D eigenvalue weighted by atomic mass is 9.93. The van der Waals surface area contributed by atoms with Crippen LogP contribution < -0.4 is 16.4 Å². The van der Waals surface area contributed by atoms with Crippen LogP contribution in [0.15, 0.2) is 24.3 Å². The Bertz CT molecular complexity index is 679. The molecule has 7 nitrogen and oxygen atoms in total. The van der Waals surface area contributed by atoms with Crippen LogP contribution in [0.4, 0.5) is 4.79 Å². The molecule has 148 valence electrons. The van der Waals surface area contributed by atoms with Crippen LogP contribution >= 0.6 is 0 Å². The molecule has 0 radical (unpaired) electrons. The summed E-state index contributed by atoms with van der Waals surface area (Å²) in [5.41, 5.74) is 6.16. The second-order valence-corrected chi connectivity index (χ2v) is 8.13. The number of nitrogens with one attached hydrogen (secondary N) is 2. The van der Waals surface area contributed by atoms with E-state index >= 15 is 0 Å². The Hall–Kier alpha value is -2.57. The average molecular weight is 374 g/mol. The van der Waals surface area contributed by atoms with E-state index in [4.69, 9.17) is 5.73 Å². The maximum atomic E-state index is 12.8. The average Bonchev–Trinajstić information content (AvgIpc) is 2.63. The van der Waals surface area contributed by atoms with Gasteiger partial charge in [-0.3, -0.25) is 9.59 Å². The van der Waals surface area contributed by atoms with Crippen molar-refractivity contribution in [2.24, 2.45) is 17.1 Å². The molecule has 1 heterocycles. The minimum Gasteiger partial charge on any atom is -0.355 e. The molecule has 1 unspecified atom stereocenters. The lowest BCUT2D eigenvalue weighted by molar-refractivity contribution is -0.128. The number of piperidine rings is 1. The van der Waals surface area contributed by atoms with Gasteiger partial charge in [0.05, 0.1) is 0 Å². The highest BCUT2D eigenvalue weighted by atomic mass is 16.2. The number of primary amides is 1. The van der Waals surface area contributed by atoms with Gasteiger partial charge in [-0.2, -0.15) is 0 Å². The van der Waals surface area contributed by atoms with Crippen LogP contribution in [-0.2, 0) is 11.3 Å². The molecule has 0 aromatic heterocycles. The van der Waals surface area contributed by atoms with Crippen molar-refractivity contribution in [3.8, 4) is 0 Å². The number of nitrogens with two attached hydrogens (primary N) is 1. The molecule has 1 aromatic carbocycles. The van der Waals surface area contributed by atoms with Gasteiger partial charge in [0.2, 0.25) is 5.91 Å². The summed E-state index contributed by atoms with van der Waals surface area (Å²) >= 11 is 0. The Morgan fingerprint density at radius 3 is 2.41 bits per heavy atom. The van der Waals surface area contributed by atoms with Gasteiger partial charge in [0.15, 0.2) is 0 Å². The van der Waals surface area contributed by atoms with Crippen molar-refractivity contribution in [3.05, 3.63) is 35.4 Å². The van der Waals surface area contributed by atoms with Crippen LogP contribution in [0, 0.1) is 11.3 Å². The topological polar surface area (TPSA) is 105 Å². The van der Waals surface area contributed by atoms with Gasteiger partial charge < -0.3 is 21.3 Å². The summed E-state index contributed by atoms with van der Waals surface area (Å²) in [5.74, 6) is 0.301. The predicted octanol–water partition coefficient (Wildman–Crippen LogP) is 1.87. The molecule has 4 N–H and O–H groups in total. The fourth-order valence-corrected chi connectivity index (χ4v) is 3.06. The molecular weight excluding hydrogens is 344 g/mol. The highest BCUT2D eigenvalue weighted by molar-refractivity contribution is 5.94. The van der Waals surface area contributed by atoms with Crippen LogP contribution in [0.25, 0.3) is 0 Å². The molecule has 1 saturated heterocycles. The zero-order valence-corrected chi connectivity index (χ0v) is 16.4. The van der Waals surface area contributed by atoms with E-state index in [0.717, 1.165) is 24.9 Å². The van der Waals surface area contributed by atoms with Crippen LogP contribution in [0.2, 0.25) is 0 Å². The molecule has 27 heavy (non-hydrogen) atoms. The largest absolute Gasteiger partial charge is 0.355 e. The second kappa shape index (κ2) is 8.88. The first-order chi connectivity index (χ1) is 12.7. The molecule has 1 aliphatic rings. The van der Waals surface area contributed by atoms with Gasteiger partial charge >= 0.3 is 6.03 Å². The molecule has 7 heteroatoms. The normalized spacial score (nSPS) is 17.3. The van der Waals surface area contributed by atoms with Gasteiger partial charge in [-0.15, -0.1) is 0 Å². The number of nitrogens with zero attached hydrogens (tertiary/aromatic N) is 1. The molecule has 0 saturated carbocycles. The van der Waals surface area contributed by atoms with E-state index in [0.29, 0.717) is 25.2 Å². The first-order valence-corrected chi connectivity index (χ1v) is 9.36. The number of amides is 4. The summed E-state index contributed by atoms with van der Waals surface area (Å²) in [7, 11) is 0. The van der Waals surface area contributed by atoms with Crippen molar-refractivity contribution in [2.75, 3.05) is 19.6 Å². The molecule has 0 spiro atoms. The van der Waals surface area contributed by atoms with Crippen molar-refractivity contribution in [2.45, 2.75) is 40.2 Å². The van der Waals surface area contributed by atoms with Gasteiger partial charge in [0.25, 0.3) is 5.91 Å². The first-order valence-electron chi connectivity index (χ1n) is 9.36. The molecule has 0 aliphatic carbocycles. The molecule has 4 amide bonds. The molecule has 1 atom stereocenters. The third kappa shape index (κ3) is 6.27. The Morgan fingerprint density at radius 2 is 1.81 bits per heavy atom. The Labute approximate surface area is 160 Å². The maximum Gasteiger partial charge on any atom is 0.312 e. The summed E-state index contributed by atoms with van der Waals surface area (Å²) in [6.45, 7) is 7.98. The molecule has 0 bridgehead atoms. The van der Waals surface area contributed by atoms with Gasteiger partial charge in [0.1, 0.15) is 0 Å². The van der Waals surface area contributed by atoms with E-state index in [1.54, 1.807) is 12.1 Å². The minimum atomic E-state index is -0.576. The molecular formula is C20H30N4O3. The number of urea groups is 1. The van der Waals surface area contributed by atoms with Crippen molar-refractivity contribution >= 4 is 17.8 Å². The zero-order valence-electron chi connectivity index (χ0n) is 16.4. The third-order valence-electron chi connectivity index (χ3n) is 4.71. The smallest absolute Gasteiger partial charge is 0.312 e. The summed E-state index contributed by atoms with van der Waals surface area (Å²) < 4.78 is 0. The molecule has 1 aromatic rings. The van der Waals surface area contributed by atoms with Gasteiger partial charge in [0, 0.05) is 37.2 Å². The standard InChI is InChI=1S/C20H30N4O3/c1-20(2,3)18(26)22-12-15-5-4-10-24(13-15)17(25)16-8-6-14(7-9-16)11-23-19(21)27/h6-9,15H,4-5,10-13H2,1-3H3,(H,22,26)(H3,21,23,27). The van der Waals surface area contributed by atoms with Gasteiger partial charge in [-0.05, 0) is 36.5 Å². The Morgan fingerprint density at radius 1 is 1.15 bits per heavy atom. The number of hydrogen-bond donors (Lipinski definition) is 3. The fourth-order valence-electron chi connectivity index (χ4n) is 3.06. The summed E-state index contributed by atoms with van der Waals surface area (Å²) in [4.78, 5) is 37.4. The number of carbonyl (C=O) groups is 3. The van der Waals surface area contributed by atoms with Gasteiger partial charge in [-0.25, -0.2) is 4.79 Å². The summed E-state index contributed by atoms with van der Waals surface area (Å²) in [5, 5.41) is 5.52. The number of likely N-dealkylation sites (tertiary alicyclic amines) is 1. The second-order valence-electron chi connectivity index (χ2n) is 8.13. The van der Waals surface area contributed by atoms with Crippen molar-refractivity contribution in [1.29, 1.82) is 0 Å². The van der Waals surface area contributed by atoms with Gasteiger partial charge in [-0.1, -0.05) is 32.9 Å². The highest BCUT2D eigenvalue weighted by Gasteiger charge is 2.26. The van der Waals surface area contributed by atoms with E-state index in [-0.39, 0.29) is 17.7 Å². The number of carbonyl (C=O) groups excluding carboxylic acids is 3. The predicted molar refractivity (Wildman–Crippen MR) is 104 cm³/mol. The van der Waals surface area contributed by atoms with Crippen LogP contribution in [0.3, 0.4) is 0 Å². The van der Waals surface area contributed by atoms with Crippen molar-refractivity contribution in [3.63, 3.8) is 0 Å². The van der Waals surface area contributed by atoms with E-state index in [1.807, 2.05) is 37.8 Å². The van der Waals surface area contributed by atoms with Crippen LogP contribution in [0.5, 0.6) is 0 Å². The maximum absolute atomic E-state index is 12.8. The molecule has 1 fully saturated rings. The minimum absolute atomic E-state index is 0.00346. The zero-order chi connectivity index (χ0) is 20.0. The van der Waals surface area contributed by atoms with E-state index in [9.17, 15) is 14.4 Å². The lowest BCUT2D eigenvalue weighted by Gasteiger charge is -2.33. The Balaban J connectivity index is 1.90. The fraction of sp³-hybridized carbons (Fsp3) is 0.550. The summed E-state index contributed by atoms with van der Waals surface area (Å²) in [6.07, 6.45) is 1.94. The van der Waals surface area contributed by atoms with Crippen LogP contribution in [-0.4, -0.2) is 42.4 Å². The highest BCUT2D eigenvalue weighted by Crippen LogP contribution is 2.19. The number of rotatable bonds is 5. The number of benzene rings is 1.